The first kappa shape index (κ1) is 21.6. The van der Waals surface area contributed by atoms with Gasteiger partial charge in [-0.1, -0.05) is 42.5 Å². The van der Waals surface area contributed by atoms with E-state index in [1.165, 1.54) is 41.6 Å². The number of carbonyl (C=O) groups excluding carboxylic acids is 2. The number of phenols is 1. The highest BCUT2D eigenvalue weighted by molar-refractivity contribution is 5.94. The second kappa shape index (κ2) is 9.70. The fraction of sp³-hybridized carbons (Fsp3) is 0.280. The lowest BCUT2D eigenvalue weighted by Crippen LogP contribution is -2.49. The Morgan fingerprint density at radius 1 is 0.969 bits per heavy atom. The average molecular weight is 434 g/mol. The predicted octanol–water partition coefficient (Wildman–Crippen LogP) is 3.06. The second-order valence-corrected chi connectivity index (χ2v) is 7.75. The summed E-state index contributed by atoms with van der Waals surface area (Å²) in [6, 6.07) is 19.0. The molecule has 0 bridgehead atoms. The van der Waals surface area contributed by atoms with Crippen molar-refractivity contribution < 1.29 is 24.2 Å². The van der Waals surface area contributed by atoms with Gasteiger partial charge in [-0.25, -0.2) is 4.79 Å². The maximum absolute atomic E-state index is 12.5. The second-order valence-electron chi connectivity index (χ2n) is 7.75. The van der Waals surface area contributed by atoms with Gasteiger partial charge in [0.05, 0.1) is 7.11 Å². The molecule has 1 N–H and O–H groups in total. The summed E-state index contributed by atoms with van der Waals surface area (Å²) in [6.07, 6.45) is 0. The summed E-state index contributed by atoms with van der Waals surface area (Å²) in [4.78, 5) is 28.8. The summed E-state index contributed by atoms with van der Waals surface area (Å²) in [5.41, 5.74) is 1.24. The van der Waals surface area contributed by atoms with E-state index in [1.54, 1.807) is 4.90 Å². The minimum atomic E-state index is -0.760. The van der Waals surface area contributed by atoms with Gasteiger partial charge in [-0.3, -0.25) is 9.69 Å². The van der Waals surface area contributed by atoms with E-state index in [1.807, 2.05) is 6.07 Å². The van der Waals surface area contributed by atoms with E-state index in [4.69, 9.17) is 9.47 Å². The zero-order valence-electron chi connectivity index (χ0n) is 18.0. The van der Waals surface area contributed by atoms with Crippen LogP contribution in [0, 0.1) is 0 Å². The summed E-state index contributed by atoms with van der Waals surface area (Å²) in [6.45, 7) is 3.11. The Kier molecular flexibility index (Phi) is 6.56. The zero-order valence-corrected chi connectivity index (χ0v) is 18.0. The number of hydrogen-bond donors (Lipinski definition) is 1. The first-order valence-corrected chi connectivity index (χ1v) is 10.6. The molecular formula is C25H26N2O5. The van der Waals surface area contributed by atoms with Crippen molar-refractivity contribution in [3.63, 3.8) is 0 Å². The van der Waals surface area contributed by atoms with Crippen molar-refractivity contribution in [3.8, 4) is 11.5 Å². The largest absolute Gasteiger partial charge is 0.507 e. The van der Waals surface area contributed by atoms with Crippen LogP contribution in [0.1, 0.15) is 15.9 Å². The minimum absolute atomic E-state index is 0.0305. The number of esters is 1. The number of piperazine rings is 1. The van der Waals surface area contributed by atoms with E-state index in [-0.39, 0.29) is 23.8 Å². The number of aromatic hydroxyl groups is 1. The van der Waals surface area contributed by atoms with Crippen molar-refractivity contribution in [2.45, 2.75) is 6.54 Å². The van der Waals surface area contributed by atoms with Crippen LogP contribution in [0.2, 0.25) is 0 Å². The summed E-state index contributed by atoms with van der Waals surface area (Å²) >= 11 is 0. The lowest BCUT2D eigenvalue weighted by Gasteiger charge is -2.34. The van der Waals surface area contributed by atoms with E-state index in [2.05, 4.69) is 41.3 Å². The van der Waals surface area contributed by atoms with Crippen LogP contribution in [0.5, 0.6) is 11.5 Å². The number of amides is 1. The van der Waals surface area contributed by atoms with E-state index in [0.717, 1.165) is 19.6 Å². The fourth-order valence-corrected chi connectivity index (χ4v) is 3.93. The van der Waals surface area contributed by atoms with Gasteiger partial charge in [0.1, 0.15) is 17.1 Å². The van der Waals surface area contributed by atoms with Gasteiger partial charge < -0.3 is 19.5 Å². The van der Waals surface area contributed by atoms with Gasteiger partial charge in [0.25, 0.3) is 5.91 Å². The maximum Gasteiger partial charge on any atom is 0.342 e. The van der Waals surface area contributed by atoms with Gasteiger partial charge in [-0.2, -0.15) is 0 Å². The van der Waals surface area contributed by atoms with Crippen LogP contribution in [-0.4, -0.2) is 66.7 Å². The molecule has 1 saturated heterocycles. The Bertz CT molecular complexity index is 1120. The van der Waals surface area contributed by atoms with Crippen molar-refractivity contribution in [2.75, 3.05) is 39.9 Å². The number of benzene rings is 3. The highest BCUT2D eigenvalue weighted by Gasteiger charge is 2.23. The third-order valence-corrected chi connectivity index (χ3v) is 5.75. The average Bonchev–Trinajstić information content (AvgIpc) is 2.83. The van der Waals surface area contributed by atoms with Gasteiger partial charge in [0.2, 0.25) is 0 Å². The molecule has 0 aromatic heterocycles. The molecule has 32 heavy (non-hydrogen) atoms. The smallest absolute Gasteiger partial charge is 0.342 e. The van der Waals surface area contributed by atoms with E-state index < -0.39 is 5.97 Å². The van der Waals surface area contributed by atoms with E-state index >= 15 is 0 Å². The molecule has 0 saturated carbocycles. The molecule has 0 aliphatic carbocycles. The number of hydrogen-bond acceptors (Lipinski definition) is 6. The molecule has 7 nitrogen and oxygen atoms in total. The van der Waals surface area contributed by atoms with Gasteiger partial charge in [-0.15, -0.1) is 0 Å². The third-order valence-electron chi connectivity index (χ3n) is 5.75. The summed E-state index contributed by atoms with van der Waals surface area (Å²) in [5, 5.41) is 12.3. The fourth-order valence-electron chi connectivity index (χ4n) is 3.93. The van der Waals surface area contributed by atoms with Crippen LogP contribution >= 0.6 is 0 Å². The molecule has 1 heterocycles. The zero-order chi connectivity index (χ0) is 22.5. The quantitative estimate of drug-likeness (QED) is 0.601. The van der Waals surface area contributed by atoms with Gasteiger partial charge in [-0.05, 0) is 34.5 Å². The number of carbonyl (C=O) groups is 2. The lowest BCUT2D eigenvalue weighted by atomic mass is 10.0. The first-order chi connectivity index (χ1) is 15.5. The molecule has 0 atom stereocenters. The molecule has 3 aromatic rings. The molecule has 0 spiro atoms. The van der Waals surface area contributed by atoms with E-state index in [0.29, 0.717) is 18.8 Å². The van der Waals surface area contributed by atoms with Crippen LogP contribution in [0.4, 0.5) is 0 Å². The molecule has 7 heteroatoms. The lowest BCUT2D eigenvalue weighted by molar-refractivity contribution is -0.136. The number of rotatable bonds is 6. The van der Waals surface area contributed by atoms with Gasteiger partial charge >= 0.3 is 5.97 Å². The molecule has 0 radical (unpaired) electrons. The molecule has 1 aliphatic rings. The number of phenolic OH excluding ortho intramolecular Hbond substituents is 1. The Morgan fingerprint density at radius 2 is 1.72 bits per heavy atom. The Labute approximate surface area is 186 Å². The van der Waals surface area contributed by atoms with E-state index in [9.17, 15) is 14.7 Å². The Balaban J connectivity index is 1.29. The summed E-state index contributed by atoms with van der Waals surface area (Å²) in [7, 11) is 1.46. The van der Waals surface area contributed by atoms with Crippen molar-refractivity contribution in [1.29, 1.82) is 0 Å². The van der Waals surface area contributed by atoms with Crippen molar-refractivity contribution in [2.24, 2.45) is 0 Å². The van der Waals surface area contributed by atoms with Crippen molar-refractivity contribution in [1.82, 2.24) is 9.80 Å². The van der Waals surface area contributed by atoms with Gasteiger partial charge in [0.15, 0.2) is 6.61 Å². The third kappa shape index (κ3) is 4.84. The Morgan fingerprint density at radius 3 is 2.50 bits per heavy atom. The standard InChI is InChI=1S/C25H26N2O5/c1-31-20-9-10-23(28)22(15-20)25(30)32-17-24(29)27-13-11-26(12-14-27)16-19-7-4-6-18-5-2-3-8-21(18)19/h2-10,15,28H,11-14,16-17H2,1H3. The highest BCUT2D eigenvalue weighted by Crippen LogP contribution is 2.24. The molecule has 3 aromatic carbocycles. The molecular weight excluding hydrogens is 408 g/mol. The molecule has 4 rings (SSSR count). The molecule has 1 fully saturated rings. The van der Waals surface area contributed by atoms with Crippen LogP contribution in [0.3, 0.4) is 0 Å². The summed E-state index contributed by atoms with van der Waals surface area (Å²) in [5.74, 6) is -0.802. The van der Waals surface area contributed by atoms with Crippen LogP contribution in [0.25, 0.3) is 10.8 Å². The number of methoxy groups -OCH3 is 1. The van der Waals surface area contributed by atoms with Crippen LogP contribution < -0.4 is 4.74 Å². The Hall–Kier alpha value is -3.58. The normalized spacial score (nSPS) is 14.3. The molecule has 1 amide bonds. The first-order valence-electron chi connectivity index (χ1n) is 10.6. The maximum atomic E-state index is 12.5. The monoisotopic (exact) mass is 434 g/mol. The van der Waals surface area contributed by atoms with Gasteiger partial charge in [0, 0.05) is 32.7 Å². The number of fused-ring (bicyclic) bond motifs is 1. The molecule has 0 unspecified atom stereocenters. The van der Waals surface area contributed by atoms with Crippen LogP contribution in [-0.2, 0) is 16.1 Å². The molecule has 166 valence electrons. The van der Waals surface area contributed by atoms with Crippen molar-refractivity contribution >= 4 is 22.6 Å². The molecule has 1 aliphatic heterocycles. The summed E-state index contributed by atoms with van der Waals surface area (Å²) < 4.78 is 10.2. The minimum Gasteiger partial charge on any atom is -0.507 e. The van der Waals surface area contributed by atoms with Crippen molar-refractivity contribution in [3.05, 3.63) is 71.8 Å². The number of nitrogens with zero attached hydrogens (tertiary/aromatic N) is 2. The number of ether oxygens (including phenoxy) is 2. The topological polar surface area (TPSA) is 79.3 Å². The highest BCUT2D eigenvalue weighted by atomic mass is 16.5. The SMILES string of the molecule is COc1ccc(O)c(C(=O)OCC(=O)N2CCN(Cc3cccc4ccccc34)CC2)c1. The van der Waals surface area contributed by atoms with Crippen LogP contribution in [0.15, 0.2) is 60.7 Å². The predicted molar refractivity (Wildman–Crippen MR) is 121 cm³/mol.